The van der Waals surface area contributed by atoms with Crippen molar-refractivity contribution in [1.82, 2.24) is 15.2 Å². The molecule has 2 amide bonds. The van der Waals surface area contributed by atoms with Gasteiger partial charge < -0.3 is 29.1 Å². The number of rotatable bonds is 7. The Kier molecular flexibility index (Phi) is 5.35. The fourth-order valence-electron chi connectivity index (χ4n) is 2.88. The Bertz CT molecular complexity index is 960. The third kappa shape index (κ3) is 3.74. The molecule has 27 heavy (non-hydrogen) atoms. The van der Waals surface area contributed by atoms with E-state index in [1.165, 1.54) is 6.26 Å². The van der Waals surface area contributed by atoms with E-state index in [0.29, 0.717) is 23.0 Å². The fourth-order valence-corrected chi connectivity index (χ4v) is 2.88. The van der Waals surface area contributed by atoms with Crippen LogP contribution in [-0.4, -0.2) is 37.1 Å². The topological polar surface area (TPSA) is 94.7 Å². The number of carbonyl (C=O) groups is 2. The third-order valence-electron chi connectivity index (χ3n) is 4.24. The molecule has 3 rings (SSSR count). The molecule has 2 heterocycles. The molecule has 0 fully saturated rings. The molecule has 0 spiro atoms. The van der Waals surface area contributed by atoms with Crippen molar-refractivity contribution in [2.24, 2.45) is 7.05 Å². The molecule has 0 saturated carbocycles. The molecule has 142 valence electrons. The highest BCUT2D eigenvalue weighted by molar-refractivity contribution is 6.03. The van der Waals surface area contributed by atoms with Gasteiger partial charge in [-0.3, -0.25) is 9.59 Å². The highest BCUT2D eigenvalue weighted by atomic mass is 16.5. The molecule has 2 aromatic heterocycles. The van der Waals surface area contributed by atoms with E-state index in [-0.39, 0.29) is 24.9 Å². The summed E-state index contributed by atoms with van der Waals surface area (Å²) in [6.07, 6.45) is 1.53. The van der Waals surface area contributed by atoms with Crippen LogP contribution >= 0.6 is 0 Å². The minimum absolute atomic E-state index is 0.144. The van der Waals surface area contributed by atoms with E-state index in [1.54, 1.807) is 56.2 Å². The van der Waals surface area contributed by atoms with Gasteiger partial charge in [0.2, 0.25) is 5.91 Å². The Labute approximate surface area is 156 Å². The van der Waals surface area contributed by atoms with Gasteiger partial charge in [0.1, 0.15) is 23.0 Å². The van der Waals surface area contributed by atoms with Crippen LogP contribution in [0.3, 0.4) is 0 Å². The van der Waals surface area contributed by atoms with Crippen molar-refractivity contribution >= 4 is 22.7 Å². The van der Waals surface area contributed by atoms with Gasteiger partial charge in [0.25, 0.3) is 5.91 Å². The molecule has 0 saturated heterocycles. The van der Waals surface area contributed by atoms with Crippen LogP contribution in [0, 0.1) is 0 Å². The second-order valence-corrected chi connectivity index (χ2v) is 5.86. The number of amides is 2. The highest BCUT2D eigenvalue weighted by Crippen LogP contribution is 2.35. The van der Waals surface area contributed by atoms with Gasteiger partial charge in [-0.05, 0) is 30.3 Å². The third-order valence-corrected chi connectivity index (χ3v) is 4.24. The molecule has 8 heteroatoms. The maximum Gasteiger partial charge on any atom is 0.268 e. The number of aromatic nitrogens is 1. The zero-order valence-electron chi connectivity index (χ0n) is 15.4. The summed E-state index contributed by atoms with van der Waals surface area (Å²) in [5.74, 6) is 1.22. The van der Waals surface area contributed by atoms with Gasteiger partial charge in [-0.25, -0.2) is 0 Å². The number of hydrogen-bond donors (Lipinski definition) is 2. The number of carbonyl (C=O) groups excluding carboxylic acids is 2. The van der Waals surface area contributed by atoms with Gasteiger partial charge in [0.15, 0.2) is 0 Å². The molecule has 2 N–H and O–H groups in total. The first-order valence-corrected chi connectivity index (χ1v) is 8.32. The zero-order valence-corrected chi connectivity index (χ0v) is 15.4. The van der Waals surface area contributed by atoms with Crippen LogP contribution < -0.4 is 20.1 Å². The van der Waals surface area contributed by atoms with Gasteiger partial charge in [-0.2, -0.15) is 0 Å². The summed E-state index contributed by atoms with van der Waals surface area (Å²) >= 11 is 0. The van der Waals surface area contributed by atoms with Crippen molar-refractivity contribution in [2.75, 3.05) is 20.8 Å². The first kappa shape index (κ1) is 18.4. The number of benzene rings is 1. The lowest BCUT2D eigenvalue weighted by atomic mass is 10.2. The van der Waals surface area contributed by atoms with Gasteiger partial charge >= 0.3 is 0 Å². The molecule has 0 aliphatic carbocycles. The second-order valence-electron chi connectivity index (χ2n) is 5.86. The molecule has 0 aliphatic heterocycles. The average Bonchev–Trinajstić information content (AvgIpc) is 3.32. The van der Waals surface area contributed by atoms with Crippen LogP contribution in [0.2, 0.25) is 0 Å². The van der Waals surface area contributed by atoms with Crippen molar-refractivity contribution < 1.29 is 23.5 Å². The van der Waals surface area contributed by atoms with Crippen LogP contribution in [0.25, 0.3) is 10.9 Å². The minimum Gasteiger partial charge on any atom is -0.496 e. The molecule has 0 unspecified atom stereocenters. The van der Waals surface area contributed by atoms with Crippen molar-refractivity contribution in [3.63, 3.8) is 0 Å². The highest BCUT2D eigenvalue weighted by Gasteiger charge is 2.19. The fraction of sp³-hybridized carbons (Fsp3) is 0.263. The van der Waals surface area contributed by atoms with Crippen LogP contribution in [0.1, 0.15) is 16.2 Å². The van der Waals surface area contributed by atoms with E-state index in [4.69, 9.17) is 13.9 Å². The van der Waals surface area contributed by atoms with E-state index >= 15 is 0 Å². The molecule has 3 aromatic rings. The second kappa shape index (κ2) is 7.86. The van der Waals surface area contributed by atoms with Crippen molar-refractivity contribution in [1.29, 1.82) is 0 Å². The van der Waals surface area contributed by atoms with Crippen molar-refractivity contribution in [2.45, 2.75) is 6.54 Å². The van der Waals surface area contributed by atoms with Crippen LogP contribution in [0.15, 0.2) is 41.0 Å². The number of aryl methyl sites for hydroxylation is 1. The lowest BCUT2D eigenvalue weighted by Crippen LogP contribution is -2.37. The average molecular weight is 371 g/mol. The molecule has 0 bridgehead atoms. The standard InChI is InChI=1S/C19H21N3O5/c1-22-14(9-13-15(25-2)6-7-16(26-3)18(13)22)19(24)21-11-17(23)20-10-12-5-4-8-27-12/h4-9H,10-11H2,1-3H3,(H,20,23)(H,21,24). The van der Waals surface area contributed by atoms with E-state index < -0.39 is 0 Å². The summed E-state index contributed by atoms with van der Waals surface area (Å²) in [4.78, 5) is 24.5. The molecule has 0 aliphatic rings. The maximum atomic E-state index is 12.6. The Hall–Kier alpha value is -3.42. The van der Waals surface area contributed by atoms with Gasteiger partial charge in [0.05, 0.1) is 39.1 Å². The zero-order chi connectivity index (χ0) is 19.4. The summed E-state index contributed by atoms with van der Waals surface area (Å²) in [6.45, 7) is 0.124. The van der Waals surface area contributed by atoms with E-state index in [0.717, 1.165) is 10.9 Å². The van der Waals surface area contributed by atoms with Crippen molar-refractivity contribution in [3.05, 3.63) is 48.0 Å². The number of nitrogens with zero attached hydrogens (tertiary/aromatic N) is 1. The summed E-state index contributed by atoms with van der Waals surface area (Å²) in [7, 11) is 4.89. The first-order chi connectivity index (χ1) is 13.0. The largest absolute Gasteiger partial charge is 0.496 e. The number of hydrogen-bond acceptors (Lipinski definition) is 5. The number of nitrogens with one attached hydrogen (secondary N) is 2. The SMILES string of the molecule is COc1ccc(OC)c2c1cc(C(=O)NCC(=O)NCc1ccco1)n2C. The van der Waals surface area contributed by atoms with Gasteiger partial charge in [-0.15, -0.1) is 0 Å². The number of methoxy groups -OCH3 is 2. The summed E-state index contributed by atoms with van der Waals surface area (Å²) in [5.41, 5.74) is 1.14. The summed E-state index contributed by atoms with van der Waals surface area (Å²) in [6, 6.07) is 8.78. The quantitative estimate of drug-likeness (QED) is 0.661. The predicted octanol–water partition coefficient (Wildman–Crippen LogP) is 1.83. The Balaban J connectivity index is 1.72. The van der Waals surface area contributed by atoms with Crippen LogP contribution in [-0.2, 0) is 18.4 Å². The molecule has 0 radical (unpaired) electrons. The maximum absolute atomic E-state index is 12.6. The number of furan rings is 1. The normalized spacial score (nSPS) is 10.6. The molecular weight excluding hydrogens is 350 g/mol. The van der Waals surface area contributed by atoms with Crippen LogP contribution in [0.5, 0.6) is 11.5 Å². The van der Waals surface area contributed by atoms with E-state index in [2.05, 4.69) is 10.6 Å². The molecule has 8 nitrogen and oxygen atoms in total. The first-order valence-electron chi connectivity index (χ1n) is 8.32. The number of ether oxygens (including phenoxy) is 2. The Morgan fingerprint density at radius 3 is 2.52 bits per heavy atom. The molecule has 1 aromatic carbocycles. The monoisotopic (exact) mass is 371 g/mol. The van der Waals surface area contributed by atoms with E-state index in [9.17, 15) is 9.59 Å². The predicted molar refractivity (Wildman–Crippen MR) is 98.9 cm³/mol. The van der Waals surface area contributed by atoms with E-state index in [1.807, 2.05) is 0 Å². The summed E-state index contributed by atoms with van der Waals surface area (Å²) in [5, 5.41) is 6.05. The number of fused-ring (bicyclic) bond motifs is 1. The Morgan fingerprint density at radius 1 is 1.11 bits per heavy atom. The Morgan fingerprint density at radius 2 is 1.85 bits per heavy atom. The molecule has 0 atom stereocenters. The smallest absolute Gasteiger partial charge is 0.268 e. The summed E-state index contributed by atoms with van der Waals surface area (Å²) < 4.78 is 17.6. The molecular formula is C19H21N3O5. The lowest BCUT2D eigenvalue weighted by molar-refractivity contribution is -0.120. The van der Waals surface area contributed by atoms with Crippen molar-refractivity contribution in [3.8, 4) is 11.5 Å². The lowest BCUT2D eigenvalue weighted by Gasteiger charge is -2.09. The van der Waals surface area contributed by atoms with Crippen LogP contribution in [0.4, 0.5) is 0 Å². The minimum atomic E-state index is -0.369. The van der Waals surface area contributed by atoms with Gasteiger partial charge in [-0.1, -0.05) is 0 Å². The van der Waals surface area contributed by atoms with Gasteiger partial charge in [0, 0.05) is 12.4 Å².